The normalized spacial score (nSPS) is 25.3. The van der Waals surface area contributed by atoms with Crippen LogP contribution in [0.4, 0.5) is 10.6 Å². The molecule has 0 aromatic carbocycles. The molecule has 3 aliphatic heterocycles. The predicted molar refractivity (Wildman–Crippen MR) is 113 cm³/mol. The van der Waals surface area contributed by atoms with Crippen LogP contribution in [0.5, 0.6) is 0 Å². The Kier molecular flexibility index (Phi) is 4.06. The fourth-order valence-electron chi connectivity index (χ4n) is 5.50. The monoisotopic (exact) mass is 423 g/mol. The molecule has 2 fully saturated rings. The van der Waals surface area contributed by atoms with Gasteiger partial charge in [-0.2, -0.15) is 0 Å². The first-order chi connectivity index (χ1) is 14.7. The van der Waals surface area contributed by atoms with Crippen LogP contribution in [-0.4, -0.2) is 63.7 Å². The van der Waals surface area contributed by atoms with Gasteiger partial charge in [-0.3, -0.25) is 28.6 Å². The zero-order valence-corrected chi connectivity index (χ0v) is 18.1. The number of carbonyl (C=O) groups excluding carboxylic acids is 3. The summed E-state index contributed by atoms with van der Waals surface area (Å²) in [4.78, 5) is 61.9. The van der Waals surface area contributed by atoms with E-state index in [-0.39, 0.29) is 12.0 Å². The van der Waals surface area contributed by atoms with Crippen molar-refractivity contribution in [3.05, 3.63) is 39.8 Å². The summed E-state index contributed by atoms with van der Waals surface area (Å²) in [7, 11) is 2.80. The number of anilines is 1. The largest absolute Gasteiger partial charge is 0.352 e. The molecule has 0 bridgehead atoms. The van der Waals surface area contributed by atoms with Crippen LogP contribution in [0, 0.1) is 18.3 Å². The highest BCUT2D eigenvalue weighted by atomic mass is 16.2. The number of piperidine rings is 1. The number of fused-ring (bicyclic) bond motifs is 5. The molecule has 0 saturated carbocycles. The third-order valence-corrected chi connectivity index (χ3v) is 7.23. The van der Waals surface area contributed by atoms with Gasteiger partial charge in [-0.25, -0.2) is 9.78 Å². The number of aromatic nitrogens is 2. The molecule has 3 aliphatic rings. The van der Waals surface area contributed by atoms with Crippen molar-refractivity contribution in [3.8, 4) is 0 Å². The Morgan fingerprint density at radius 1 is 1.10 bits per heavy atom. The minimum Gasteiger partial charge on any atom is -0.352 e. The van der Waals surface area contributed by atoms with Gasteiger partial charge in [0.25, 0.3) is 5.56 Å². The lowest BCUT2D eigenvalue weighted by Crippen LogP contribution is -2.72. The van der Waals surface area contributed by atoms with E-state index < -0.39 is 29.3 Å². The standard InChI is InChI=1S/C22H25N5O4/c1-12-7-9-26-15(10-12)22(19(29)24(3)21(31)25(4)20(22)30)11-14-17(26)23-16-13(2)6-5-8-27(16)18(14)28/h5-6,8,12,15H,7,9-11H2,1-4H3/t12-,15-/m1/s1. The zero-order chi connectivity index (χ0) is 22.2. The van der Waals surface area contributed by atoms with Crippen molar-refractivity contribution < 1.29 is 14.4 Å². The molecule has 4 amide bonds. The third-order valence-electron chi connectivity index (χ3n) is 7.23. The van der Waals surface area contributed by atoms with Crippen LogP contribution in [0.3, 0.4) is 0 Å². The van der Waals surface area contributed by atoms with E-state index in [0.29, 0.717) is 35.9 Å². The number of urea groups is 1. The Morgan fingerprint density at radius 3 is 2.45 bits per heavy atom. The van der Waals surface area contributed by atoms with Gasteiger partial charge in [0, 0.05) is 33.3 Å². The Bertz CT molecular complexity index is 1190. The summed E-state index contributed by atoms with van der Waals surface area (Å²) in [5.74, 6) is -0.213. The molecule has 9 nitrogen and oxygen atoms in total. The molecule has 5 heterocycles. The number of aryl methyl sites for hydroxylation is 1. The fourth-order valence-corrected chi connectivity index (χ4v) is 5.50. The van der Waals surface area contributed by atoms with Gasteiger partial charge in [-0.1, -0.05) is 13.0 Å². The summed E-state index contributed by atoms with van der Waals surface area (Å²) in [6.07, 6.45) is 3.08. The summed E-state index contributed by atoms with van der Waals surface area (Å²) >= 11 is 0. The van der Waals surface area contributed by atoms with Crippen molar-refractivity contribution in [1.82, 2.24) is 19.2 Å². The van der Waals surface area contributed by atoms with Crippen LogP contribution >= 0.6 is 0 Å². The van der Waals surface area contributed by atoms with Gasteiger partial charge in [-0.05, 0) is 37.3 Å². The molecule has 2 atom stereocenters. The highest BCUT2D eigenvalue weighted by Gasteiger charge is 2.64. The van der Waals surface area contributed by atoms with E-state index in [9.17, 15) is 19.2 Å². The maximum atomic E-state index is 13.6. The van der Waals surface area contributed by atoms with E-state index in [2.05, 4.69) is 6.92 Å². The van der Waals surface area contributed by atoms with Gasteiger partial charge in [0.1, 0.15) is 11.5 Å². The van der Waals surface area contributed by atoms with Crippen LogP contribution in [0.1, 0.15) is 30.9 Å². The first-order valence-electron chi connectivity index (χ1n) is 10.6. The molecule has 5 rings (SSSR count). The number of hydrogen-bond acceptors (Lipinski definition) is 6. The lowest BCUT2D eigenvalue weighted by molar-refractivity contribution is -0.160. The third kappa shape index (κ3) is 2.40. The molecule has 0 aliphatic carbocycles. The summed E-state index contributed by atoms with van der Waals surface area (Å²) < 4.78 is 1.48. The molecule has 0 N–H and O–H groups in total. The molecular weight excluding hydrogens is 398 g/mol. The van der Waals surface area contributed by atoms with Gasteiger partial charge in [0.15, 0.2) is 5.41 Å². The molecule has 162 valence electrons. The zero-order valence-electron chi connectivity index (χ0n) is 18.1. The second kappa shape index (κ2) is 6.38. The first-order valence-corrected chi connectivity index (χ1v) is 10.6. The second-order valence-electron chi connectivity index (χ2n) is 9.10. The van der Waals surface area contributed by atoms with Gasteiger partial charge < -0.3 is 4.90 Å². The van der Waals surface area contributed by atoms with Crippen LogP contribution in [0.25, 0.3) is 5.65 Å². The number of imide groups is 2. The van der Waals surface area contributed by atoms with E-state index in [4.69, 9.17) is 4.98 Å². The maximum Gasteiger partial charge on any atom is 0.332 e. The quantitative estimate of drug-likeness (QED) is 0.591. The lowest BCUT2D eigenvalue weighted by Gasteiger charge is -2.54. The number of rotatable bonds is 0. The second-order valence-corrected chi connectivity index (χ2v) is 9.10. The van der Waals surface area contributed by atoms with Crippen molar-refractivity contribution in [2.45, 2.75) is 39.2 Å². The number of carbonyl (C=O) groups is 3. The van der Waals surface area contributed by atoms with Crippen molar-refractivity contribution in [1.29, 1.82) is 0 Å². The topological polar surface area (TPSA) is 95.3 Å². The molecule has 1 spiro atoms. The molecular formula is C22H25N5O4. The molecule has 0 unspecified atom stereocenters. The minimum atomic E-state index is -1.52. The number of nitrogens with zero attached hydrogens (tertiary/aromatic N) is 5. The van der Waals surface area contributed by atoms with Gasteiger partial charge >= 0.3 is 6.03 Å². The number of amides is 4. The number of pyridine rings is 1. The predicted octanol–water partition coefficient (Wildman–Crippen LogP) is 1.20. The lowest BCUT2D eigenvalue weighted by atomic mass is 9.65. The average molecular weight is 423 g/mol. The Labute approximate surface area is 179 Å². The van der Waals surface area contributed by atoms with Gasteiger partial charge in [0.2, 0.25) is 11.8 Å². The number of barbiturate groups is 1. The van der Waals surface area contributed by atoms with Crippen LogP contribution in [0.2, 0.25) is 0 Å². The fraction of sp³-hybridized carbons (Fsp3) is 0.500. The van der Waals surface area contributed by atoms with Gasteiger partial charge in [0.05, 0.1) is 11.6 Å². The van der Waals surface area contributed by atoms with E-state index in [1.54, 1.807) is 12.3 Å². The summed E-state index contributed by atoms with van der Waals surface area (Å²) in [6.45, 7) is 4.60. The molecule has 9 heteroatoms. The van der Waals surface area contributed by atoms with Crippen molar-refractivity contribution in [2.24, 2.45) is 11.3 Å². The highest BCUT2D eigenvalue weighted by molar-refractivity contribution is 6.20. The molecule has 31 heavy (non-hydrogen) atoms. The SMILES string of the molecule is Cc1cccn2c(=O)c3c(nc12)N1CC[C@@H](C)C[C@@H]1C1(C3)C(=O)N(C)C(=O)N(C)C1=O. The maximum absolute atomic E-state index is 13.6. The number of hydrogen-bond donors (Lipinski definition) is 0. The molecule has 0 radical (unpaired) electrons. The van der Waals surface area contributed by atoms with E-state index in [0.717, 1.165) is 21.8 Å². The summed E-state index contributed by atoms with van der Waals surface area (Å²) in [6, 6.07) is 2.57. The average Bonchev–Trinajstić information content (AvgIpc) is 2.76. The Balaban J connectivity index is 1.81. The smallest absolute Gasteiger partial charge is 0.332 e. The molecule has 2 aromatic heterocycles. The highest BCUT2D eigenvalue weighted by Crippen LogP contribution is 2.48. The van der Waals surface area contributed by atoms with Crippen LogP contribution < -0.4 is 10.5 Å². The molecule has 2 saturated heterocycles. The van der Waals surface area contributed by atoms with Gasteiger partial charge in [-0.15, -0.1) is 0 Å². The van der Waals surface area contributed by atoms with Crippen LogP contribution in [0.15, 0.2) is 23.1 Å². The Morgan fingerprint density at radius 2 is 1.77 bits per heavy atom. The van der Waals surface area contributed by atoms with Crippen LogP contribution in [-0.2, 0) is 16.0 Å². The van der Waals surface area contributed by atoms with E-state index in [1.807, 2.05) is 17.9 Å². The van der Waals surface area contributed by atoms with Crippen molar-refractivity contribution >= 4 is 29.3 Å². The first kappa shape index (κ1) is 19.7. The minimum absolute atomic E-state index is 0.0570. The summed E-state index contributed by atoms with van der Waals surface area (Å²) in [5, 5.41) is 0. The van der Waals surface area contributed by atoms with Crippen molar-refractivity contribution in [3.63, 3.8) is 0 Å². The summed E-state index contributed by atoms with van der Waals surface area (Å²) in [5.41, 5.74) is 0.0114. The Hall–Kier alpha value is -3.23. The van der Waals surface area contributed by atoms with Crippen molar-refractivity contribution in [2.75, 3.05) is 25.5 Å². The van der Waals surface area contributed by atoms with E-state index in [1.165, 1.54) is 18.5 Å². The van der Waals surface area contributed by atoms with E-state index >= 15 is 0 Å². The molecule has 2 aromatic rings.